The Morgan fingerprint density at radius 2 is 1.67 bits per heavy atom. The summed E-state index contributed by atoms with van der Waals surface area (Å²) < 4.78 is 38.3. The van der Waals surface area contributed by atoms with Gasteiger partial charge in [-0.1, -0.05) is 51.8 Å². The first-order chi connectivity index (χ1) is 14.1. The molecule has 0 aliphatic heterocycles. The second kappa shape index (κ2) is 10.0. The van der Waals surface area contributed by atoms with E-state index in [4.69, 9.17) is 9.47 Å². The van der Waals surface area contributed by atoms with Gasteiger partial charge in [0.1, 0.15) is 6.42 Å². The molecule has 2 aromatic rings. The second-order valence-electron chi connectivity index (χ2n) is 6.59. The highest BCUT2D eigenvalue weighted by Gasteiger charge is 2.48. The third-order valence-electron chi connectivity index (χ3n) is 4.20. The van der Waals surface area contributed by atoms with E-state index >= 15 is 0 Å². The van der Waals surface area contributed by atoms with E-state index < -0.39 is 33.1 Å². The van der Waals surface area contributed by atoms with Gasteiger partial charge in [-0.25, -0.2) is 8.42 Å². The minimum Gasteiger partial charge on any atom is -0.466 e. The second-order valence-corrected chi connectivity index (χ2v) is 9.67. The largest absolute Gasteiger partial charge is 0.466 e. The molecule has 8 heteroatoms. The molecule has 2 aromatic carbocycles. The molecule has 160 valence electrons. The number of ether oxygens (including phenoxy) is 2. The molecular weight excluding hydrogens is 472 g/mol. The van der Waals surface area contributed by atoms with Crippen molar-refractivity contribution < 1.29 is 27.5 Å². The maximum absolute atomic E-state index is 13.6. The van der Waals surface area contributed by atoms with Crippen molar-refractivity contribution in [3.63, 3.8) is 0 Å². The molecular formula is C22H23BrO6S. The monoisotopic (exact) mass is 494 g/mol. The van der Waals surface area contributed by atoms with Crippen molar-refractivity contribution >= 4 is 43.8 Å². The molecule has 1 atom stereocenters. The van der Waals surface area contributed by atoms with Crippen LogP contribution in [0.3, 0.4) is 0 Å². The molecule has 6 nitrogen and oxygen atoms in total. The zero-order valence-electron chi connectivity index (χ0n) is 16.9. The van der Waals surface area contributed by atoms with Gasteiger partial charge in [0.25, 0.3) is 0 Å². The first-order valence-electron chi connectivity index (χ1n) is 9.21. The lowest BCUT2D eigenvalue weighted by atomic mass is 10.1. The number of benzene rings is 2. The summed E-state index contributed by atoms with van der Waals surface area (Å²) >= 11 is 3.34. The van der Waals surface area contributed by atoms with E-state index in [9.17, 15) is 18.0 Å². The number of halogens is 1. The fraction of sp³-hybridized carbons (Fsp3) is 0.273. The van der Waals surface area contributed by atoms with E-state index in [1.807, 2.05) is 6.92 Å². The summed E-state index contributed by atoms with van der Waals surface area (Å²) in [7, 11) is -4.31. The Hall–Kier alpha value is -2.45. The number of hydrogen-bond acceptors (Lipinski definition) is 6. The first kappa shape index (κ1) is 23.8. The van der Waals surface area contributed by atoms with Crippen molar-refractivity contribution in [2.45, 2.75) is 37.0 Å². The maximum atomic E-state index is 13.6. The van der Waals surface area contributed by atoms with Crippen molar-refractivity contribution in [2.24, 2.45) is 0 Å². The van der Waals surface area contributed by atoms with Gasteiger partial charge in [0.15, 0.2) is 0 Å². The van der Waals surface area contributed by atoms with E-state index in [1.54, 1.807) is 43.3 Å². The minimum absolute atomic E-state index is 0.0655. The molecule has 0 radical (unpaired) electrons. The lowest BCUT2D eigenvalue weighted by molar-refractivity contribution is -0.153. The lowest BCUT2D eigenvalue weighted by Crippen LogP contribution is -2.43. The van der Waals surface area contributed by atoms with Crippen molar-refractivity contribution in [2.75, 3.05) is 6.61 Å². The van der Waals surface area contributed by atoms with E-state index in [-0.39, 0.29) is 11.5 Å². The van der Waals surface area contributed by atoms with E-state index in [1.165, 1.54) is 24.3 Å². The molecule has 0 N–H and O–H groups in total. The Bertz CT molecular complexity index is 1030. The Morgan fingerprint density at radius 3 is 2.20 bits per heavy atom. The molecule has 0 aliphatic rings. The summed E-state index contributed by atoms with van der Waals surface area (Å²) in [5.41, 5.74) is 1.53. The molecule has 0 fully saturated rings. The summed E-state index contributed by atoms with van der Waals surface area (Å²) in [5.74, 6) is -1.63. The van der Waals surface area contributed by atoms with Gasteiger partial charge in [-0.2, -0.15) is 0 Å². The van der Waals surface area contributed by atoms with Crippen molar-refractivity contribution in [3.8, 4) is 0 Å². The van der Waals surface area contributed by atoms with Crippen LogP contribution in [0.15, 0.2) is 64.0 Å². The number of hydrogen-bond donors (Lipinski definition) is 0. The Labute approximate surface area is 184 Å². The molecule has 0 saturated carbocycles. The summed E-state index contributed by atoms with van der Waals surface area (Å²) in [6, 6.07) is 13.2. The lowest BCUT2D eigenvalue weighted by Gasteiger charge is -2.29. The van der Waals surface area contributed by atoms with E-state index in [0.717, 1.165) is 17.0 Å². The van der Waals surface area contributed by atoms with Gasteiger partial charge in [0.05, 0.1) is 11.5 Å². The van der Waals surface area contributed by atoms with Crippen molar-refractivity contribution in [3.05, 3.63) is 70.2 Å². The molecule has 0 bridgehead atoms. The molecule has 0 heterocycles. The third kappa shape index (κ3) is 5.79. The van der Waals surface area contributed by atoms with Crippen LogP contribution in [-0.2, 0) is 28.9 Å². The molecule has 1 unspecified atom stereocenters. The normalized spacial score (nSPS) is 13.6. The fourth-order valence-electron chi connectivity index (χ4n) is 2.74. The number of sulfone groups is 1. The highest BCUT2D eigenvalue weighted by molar-refractivity contribution is 9.10. The Morgan fingerprint density at radius 1 is 1.07 bits per heavy atom. The van der Waals surface area contributed by atoms with Crippen LogP contribution in [0.2, 0.25) is 0 Å². The highest BCUT2D eigenvalue weighted by atomic mass is 79.9. The Kier molecular flexibility index (Phi) is 7.97. The highest BCUT2D eigenvalue weighted by Crippen LogP contribution is 2.34. The van der Waals surface area contributed by atoms with Crippen LogP contribution in [0, 0.1) is 6.92 Å². The Balaban J connectivity index is 2.65. The van der Waals surface area contributed by atoms with Gasteiger partial charge in [-0.05, 0) is 49.8 Å². The molecule has 0 amide bonds. The van der Waals surface area contributed by atoms with E-state index in [2.05, 4.69) is 15.9 Å². The predicted octanol–water partition coefficient (Wildman–Crippen LogP) is 4.46. The SMILES string of the molecule is CCOC(=O)CC(/C=C\c1ccc(Br)cc1)(OC(C)=O)S(=O)(=O)c1ccc(C)cc1. The van der Waals surface area contributed by atoms with Crippen LogP contribution in [-0.4, -0.2) is 31.9 Å². The summed E-state index contributed by atoms with van der Waals surface area (Å²) in [4.78, 5) is 21.9. The van der Waals surface area contributed by atoms with Crippen LogP contribution in [0.25, 0.3) is 6.08 Å². The van der Waals surface area contributed by atoms with Crippen molar-refractivity contribution in [1.29, 1.82) is 0 Å². The molecule has 2 rings (SSSR count). The van der Waals surface area contributed by atoms with Crippen molar-refractivity contribution in [1.82, 2.24) is 0 Å². The minimum atomic E-state index is -4.31. The number of rotatable bonds is 8. The smallest absolute Gasteiger partial charge is 0.311 e. The van der Waals surface area contributed by atoms with Crippen LogP contribution < -0.4 is 0 Å². The number of carbonyl (C=O) groups excluding carboxylic acids is 2. The van der Waals surface area contributed by atoms with Gasteiger partial charge in [-0.3, -0.25) is 9.59 Å². The quantitative estimate of drug-likeness (QED) is 0.503. The predicted molar refractivity (Wildman–Crippen MR) is 117 cm³/mol. The van der Waals surface area contributed by atoms with Crippen LogP contribution in [0.4, 0.5) is 0 Å². The van der Waals surface area contributed by atoms with Gasteiger partial charge in [-0.15, -0.1) is 0 Å². The topological polar surface area (TPSA) is 86.7 Å². The molecule has 30 heavy (non-hydrogen) atoms. The van der Waals surface area contributed by atoms with Gasteiger partial charge < -0.3 is 9.47 Å². The van der Waals surface area contributed by atoms with Gasteiger partial charge >= 0.3 is 11.9 Å². The van der Waals surface area contributed by atoms with Gasteiger partial charge in [0, 0.05) is 11.4 Å². The summed E-state index contributed by atoms with van der Waals surface area (Å²) in [6.45, 7) is 4.59. The van der Waals surface area contributed by atoms with Gasteiger partial charge in [0.2, 0.25) is 14.8 Å². The molecule has 0 aromatic heterocycles. The van der Waals surface area contributed by atoms with Crippen LogP contribution >= 0.6 is 15.9 Å². The first-order valence-corrected chi connectivity index (χ1v) is 11.5. The number of aryl methyl sites for hydroxylation is 1. The average molecular weight is 495 g/mol. The average Bonchev–Trinajstić information content (AvgIpc) is 2.67. The fourth-order valence-corrected chi connectivity index (χ4v) is 4.68. The third-order valence-corrected chi connectivity index (χ3v) is 6.89. The summed E-state index contributed by atoms with van der Waals surface area (Å²) in [5, 5.41) is 0. The standard InChI is InChI=1S/C22H23BrO6S/c1-4-28-21(25)15-22(29-17(3)24,14-13-18-7-9-19(23)10-8-18)30(26,27)20-11-5-16(2)6-12-20/h5-14H,4,15H2,1-3H3/b14-13-. The summed E-state index contributed by atoms with van der Waals surface area (Å²) in [6.07, 6.45) is 2.05. The molecule has 0 spiro atoms. The molecule has 0 aliphatic carbocycles. The van der Waals surface area contributed by atoms with Crippen LogP contribution in [0.1, 0.15) is 31.4 Å². The molecule has 0 saturated heterocycles. The van der Waals surface area contributed by atoms with E-state index in [0.29, 0.717) is 5.56 Å². The van der Waals surface area contributed by atoms with Crippen LogP contribution in [0.5, 0.6) is 0 Å². The maximum Gasteiger partial charge on any atom is 0.311 e. The zero-order valence-corrected chi connectivity index (χ0v) is 19.3. The zero-order chi connectivity index (χ0) is 22.4. The number of carbonyl (C=O) groups is 2. The number of esters is 2.